The third-order valence-electron chi connectivity index (χ3n) is 10.8. The first-order chi connectivity index (χ1) is 22.7. The van der Waals surface area contributed by atoms with E-state index in [1.54, 1.807) is 0 Å². The monoisotopic (exact) mass is 636 g/mol. The number of carbonyl (C=O) groups is 1. The van der Waals surface area contributed by atoms with Crippen molar-refractivity contribution in [1.29, 1.82) is 0 Å². The summed E-state index contributed by atoms with van der Waals surface area (Å²) in [5.41, 5.74) is 6.91. The number of hydrogen-bond donors (Lipinski definition) is 0. The van der Waals surface area contributed by atoms with Crippen LogP contribution in [-0.4, -0.2) is 42.4 Å². The Labute approximate surface area is 285 Å². The maximum atomic E-state index is 14.7. The van der Waals surface area contributed by atoms with Crippen LogP contribution in [-0.2, 0) is 23.4 Å². The van der Waals surface area contributed by atoms with Crippen LogP contribution in [0.25, 0.3) is 22.3 Å². The summed E-state index contributed by atoms with van der Waals surface area (Å²) in [6.07, 6.45) is 0. The first-order valence-electron chi connectivity index (χ1n) is 16.8. The fourth-order valence-electron chi connectivity index (χ4n) is 6.51. The third kappa shape index (κ3) is 5.43. The molecule has 5 nitrogen and oxygen atoms in total. The molecule has 48 heavy (non-hydrogen) atoms. The van der Waals surface area contributed by atoms with Gasteiger partial charge in [0.2, 0.25) is 0 Å². The molecule has 0 saturated carbocycles. The van der Waals surface area contributed by atoms with Gasteiger partial charge in [-0.25, -0.2) is 0 Å². The molecule has 3 aliphatic rings. The quantitative estimate of drug-likeness (QED) is 0.207. The van der Waals surface area contributed by atoms with Gasteiger partial charge in [0.05, 0.1) is 22.4 Å². The molecule has 0 spiro atoms. The molecule has 1 aliphatic carbocycles. The fourth-order valence-corrected chi connectivity index (χ4v) is 6.51. The van der Waals surface area contributed by atoms with Crippen LogP contribution in [0.1, 0.15) is 77.6 Å². The van der Waals surface area contributed by atoms with Crippen LogP contribution >= 0.6 is 0 Å². The van der Waals surface area contributed by atoms with Crippen LogP contribution in [0.2, 0.25) is 0 Å². The minimum atomic E-state index is -0.478. The van der Waals surface area contributed by atoms with Crippen molar-refractivity contribution < 1.29 is 23.4 Å². The van der Waals surface area contributed by atoms with Crippen molar-refractivity contribution in [3.8, 4) is 0 Å². The Morgan fingerprint density at radius 1 is 0.375 bits per heavy atom. The summed E-state index contributed by atoms with van der Waals surface area (Å²) < 4.78 is 25.4. The number of carbonyl (C=O) groups excluding carboxylic acids is 1. The highest BCUT2D eigenvalue weighted by molar-refractivity contribution is 6.63. The van der Waals surface area contributed by atoms with Gasteiger partial charge in [0.15, 0.2) is 5.78 Å². The molecule has 4 aromatic carbocycles. The molecule has 0 bridgehead atoms. The van der Waals surface area contributed by atoms with Gasteiger partial charge in [0, 0.05) is 22.3 Å². The normalized spacial score (nSPS) is 21.0. The molecule has 2 fully saturated rings. The summed E-state index contributed by atoms with van der Waals surface area (Å²) >= 11 is 0. The van der Waals surface area contributed by atoms with E-state index in [1.165, 1.54) is 0 Å². The minimum absolute atomic E-state index is 0.00229. The zero-order valence-electron chi connectivity index (χ0n) is 29.1. The minimum Gasteiger partial charge on any atom is -0.399 e. The fraction of sp³-hybridized carbons (Fsp3) is 0.293. The molecule has 242 valence electrons. The number of rotatable bonds is 6. The van der Waals surface area contributed by atoms with Gasteiger partial charge in [-0.15, -0.1) is 0 Å². The average molecular weight is 636 g/mol. The average Bonchev–Trinajstić information content (AvgIpc) is 3.58. The van der Waals surface area contributed by atoms with Crippen LogP contribution in [0.5, 0.6) is 0 Å². The van der Waals surface area contributed by atoms with E-state index in [9.17, 15) is 4.79 Å². The van der Waals surface area contributed by atoms with E-state index in [4.69, 9.17) is 18.6 Å². The number of hydrogen-bond acceptors (Lipinski definition) is 5. The van der Waals surface area contributed by atoms with Crippen molar-refractivity contribution in [3.63, 3.8) is 0 Å². The predicted molar refractivity (Wildman–Crippen MR) is 196 cm³/mol. The Balaban J connectivity index is 1.37. The maximum Gasteiger partial charge on any atom is 0.494 e. The largest absolute Gasteiger partial charge is 0.494 e. The smallest absolute Gasteiger partial charge is 0.399 e. The van der Waals surface area contributed by atoms with Gasteiger partial charge in [0.25, 0.3) is 0 Å². The van der Waals surface area contributed by atoms with Gasteiger partial charge in [0.1, 0.15) is 0 Å². The van der Waals surface area contributed by atoms with Crippen LogP contribution in [0, 0.1) is 0 Å². The molecule has 2 heterocycles. The van der Waals surface area contributed by atoms with Gasteiger partial charge >= 0.3 is 14.2 Å². The summed E-state index contributed by atoms with van der Waals surface area (Å²) in [7, 11) is -0.955. The van der Waals surface area contributed by atoms with Crippen molar-refractivity contribution >= 4 is 53.2 Å². The second kappa shape index (κ2) is 11.6. The summed E-state index contributed by atoms with van der Waals surface area (Å²) in [6.45, 7) is 16.5. The molecule has 0 aromatic heterocycles. The highest BCUT2D eigenvalue weighted by Gasteiger charge is 2.52. The SMILES string of the molecule is CC1(C)OB(c2ccc(C3=C(c4ccccc4)C(=O)C(c4ccccc4)=C3c3ccc(B4OC(C)(C)C(C)(C)O4)cc3)cc2)OC1(C)C. The van der Waals surface area contributed by atoms with Crippen molar-refractivity contribution in [1.82, 2.24) is 0 Å². The summed E-state index contributed by atoms with van der Waals surface area (Å²) in [5.74, 6) is 0.00229. The van der Waals surface area contributed by atoms with Crippen LogP contribution < -0.4 is 10.9 Å². The molecule has 0 radical (unpaired) electrons. The van der Waals surface area contributed by atoms with Crippen molar-refractivity contribution in [3.05, 3.63) is 131 Å². The molecule has 0 N–H and O–H groups in total. The molecule has 0 amide bonds. The van der Waals surface area contributed by atoms with Crippen molar-refractivity contribution in [2.45, 2.75) is 77.8 Å². The topological polar surface area (TPSA) is 54.0 Å². The number of ketones is 1. The van der Waals surface area contributed by atoms with Crippen LogP contribution in [0.15, 0.2) is 109 Å². The van der Waals surface area contributed by atoms with Gasteiger partial charge in [-0.05, 0) is 88.6 Å². The maximum absolute atomic E-state index is 14.7. The van der Waals surface area contributed by atoms with Crippen molar-refractivity contribution in [2.75, 3.05) is 0 Å². The highest BCUT2D eigenvalue weighted by Crippen LogP contribution is 2.49. The highest BCUT2D eigenvalue weighted by atomic mass is 16.7. The van der Waals surface area contributed by atoms with E-state index in [1.807, 2.05) is 60.7 Å². The number of Topliss-reactive ketones (excluding diaryl/α,β-unsaturated/α-hetero) is 1. The molecule has 4 aromatic rings. The van der Waals surface area contributed by atoms with E-state index in [-0.39, 0.29) is 5.78 Å². The standard InChI is InChI=1S/C41H42B2O5/c1-38(2)39(3,4)46-42(45-38)31-23-19-29(20-24-31)33-34(30-21-25-32(26-22-30)43-47-40(5,6)41(7,8)48-43)36(28-17-13-10-14-18-28)37(44)35(33)27-15-11-9-12-16-27/h9-26H,1-8H3. The molecule has 0 unspecified atom stereocenters. The van der Waals surface area contributed by atoms with E-state index >= 15 is 0 Å². The molecule has 7 rings (SSSR count). The van der Waals surface area contributed by atoms with E-state index < -0.39 is 36.6 Å². The van der Waals surface area contributed by atoms with Gasteiger partial charge < -0.3 is 18.6 Å². The first-order valence-corrected chi connectivity index (χ1v) is 16.8. The Bertz CT molecular complexity index is 1750. The second-order valence-electron chi connectivity index (χ2n) is 15.0. The van der Waals surface area contributed by atoms with E-state index in [0.717, 1.165) is 44.3 Å². The molecule has 7 heteroatoms. The van der Waals surface area contributed by atoms with Gasteiger partial charge in [-0.2, -0.15) is 0 Å². The second-order valence-corrected chi connectivity index (χ2v) is 15.0. The van der Waals surface area contributed by atoms with Crippen LogP contribution in [0.3, 0.4) is 0 Å². The summed E-state index contributed by atoms with van der Waals surface area (Å²) in [4.78, 5) is 14.7. The van der Waals surface area contributed by atoms with E-state index in [0.29, 0.717) is 11.1 Å². The summed E-state index contributed by atoms with van der Waals surface area (Å²) in [6, 6.07) is 36.5. The lowest BCUT2D eigenvalue weighted by molar-refractivity contribution is -0.108. The number of benzene rings is 4. The number of allylic oxidation sites excluding steroid dienone is 4. The lowest BCUT2D eigenvalue weighted by atomic mass is 9.77. The van der Waals surface area contributed by atoms with Crippen molar-refractivity contribution in [2.24, 2.45) is 0 Å². The molecule has 2 aliphatic heterocycles. The first kappa shape index (κ1) is 32.5. The summed E-state index contributed by atoms with van der Waals surface area (Å²) in [5, 5.41) is 0. The van der Waals surface area contributed by atoms with Gasteiger partial charge in [-0.1, -0.05) is 109 Å². The Kier molecular flexibility index (Phi) is 7.84. The molecular formula is C41H42B2O5. The lowest BCUT2D eigenvalue weighted by Gasteiger charge is -2.32. The third-order valence-corrected chi connectivity index (χ3v) is 10.8. The molecule has 0 atom stereocenters. The Morgan fingerprint density at radius 2 is 0.646 bits per heavy atom. The Hall–Kier alpha value is -4.00. The van der Waals surface area contributed by atoms with Gasteiger partial charge in [-0.3, -0.25) is 4.79 Å². The zero-order chi connectivity index (χ0) is 34.1. The molecule has 2 saturated heterocycles. The Morgan fingerprint density at radius 3 is 0.938 bits per heavy atom. The van der Waals surface area contributed by atoms with Crippen LogP contribution in [0.4, 0.5) is 0 Å². The lowest BCUT2D eigenvalue weighted by Crippen LogP contribution is -2.41. The zero-order valence-corrected chi connectivity index (χ0v) is 29.1. The van der Waals surface area contributed by atoms with E-state index in [2.05, 4.69) is 104 Å². The predicted octanol–water partition coefficient (Wildman–Crippen LogP) is 7.39. The molecular weight excluding hydrogens is 594 g/mol.